The Morgan fingerprint density at radius 2 is 1.84 bits per heavy atom. The number of rotatable bonds is 3. The minimum absolute atomic E-state index is 0.0984. The van der Waals surface area contributed by atoms with Crippen LogP contribution in [0.25, 0.3) is 0 Å². The molecule has 2 aromatic rings. The van der Waals surface area contributed by atoms with Crippen molar-refractivity contribution in [1.29, 1.82) is 4.78 Å². The van der Waals surface area contributed by atoms with E-state index < -0.39 is 15.7 Å². The zero-order chi connectivity index (χ0) is 14.0. The summed E-state index contributed by atoms with van der Waals surface area (Å²) in [6, 6.07) is 7.14. The molecule has 0 aliphatic heterocycles. The van der Waals surface area contributed by atoms with Gasteiger partial charge in [0.1, 0.15) is 9.73 Å². The van der Waals surface area contributed by atoms with E-state index in [0.29, 0.717) is 4.90 Å². The Morgan fingerprint density at radius 3 is 2.37 bits per heavy atom. The number of aryl methyl sites for hydroxylation is 1. The summed E-state index contributed by atoms with van der Waals surface area (Å²) >= 11 is 0. The van der Waals surface area contributed by atoms with Crippen LogP contribution in [0.4, 0.5) is 0 Å². The smallest absolute Gasteiger partial charge is 0.335 e. The first kappa shape index (κ1) is 13.2. The molecule has 5 nitrogen and oxygen atoms in total. The zero-order valence-electron chi connectivity index (χ0n) is 10.2. The molecule has 6 heteroatoms. The van der Waals surface area contributed by atoms with Gasteiger partial charge in [0.15, 0.2) is 0 Å². The summed E-state index contributed by atoms with van der Waals surface area (Å²) in [5, 5.41) is 8.80. The number of aromatic nitrogens is 1. The largest absolute Gasteiger partial charge is 0.478 e. The molecule has 98 valence electrons. The van der Waals surface area contributed by atoms with Crippen molar-refractivity contribution < 1.29 is 14.1 Å². The van der Waals surface area contributed by atoms with Gasteiger partial charge in [-0.05, 0) is 42.8 Å². The molecule has 19 heavy (non-hydrogen) atoms. The third-order valence-corrected chi connectivity index (χ3v) is 4.44. The van der Waals surface area contributed by atoms with E-state index in [1.54, 1.807) is 19.2 Å². The molecule has 0 amide bonds. The number of nitrogens with one attached hydrogen (secondary N) is 1. The number of pyridine rings is 1. The van der Waals surface area contributed by atoms with E-state index in [1.807, 2.05) is 0 Å². The highest BCUT2D eigenvalue weighted by molar-refractivity contribution is 7.92. The van der Waals surface area contributed by atoms with Gasteiger partial charge in [0.05, 0.1) is 15.4 Å². The van der Waals surface area contributed by atoms with E-state index >= 15 is 0 Å². The van der Waals surface area contributed by atoms with Crippen molar-refractivity contribution in [3.05, 3.63) is 53.9 Å². The highest BCUT2D eigenvalue weighted by atomic mass is 32.2. The van der Waals surface area contributed by atoms with Crippen LogP contribution in [-0.2, 0) is 9.73 Å². The number of carboxylic acids is 1. The highest BCUT2D eigenvalue weighted by Gasteiger charge is 2.14. The van der Waals surface area contributed by atoms with Crippen molar-refractivity contribution in [2.24, 2.45) is 0 Å². The number of hydrogen-bond donors (Lipinski definition) is 2. The number of benzene rings is 1. The van der Waals surface area contributed by atoms with Gasteiger partial charge in [-0.3, -0.25) is 4.98 Å². The van der Waals surface area contributed by atoms with Crippen LogP contribution in [-0.4, -0.2) is 20.3 Å². The second-order valence-electron chi connectivity index (χ2n) is 4.08. The lowest BCUT2D eigenvalue weighted by Gasteiger charge is -2.08. The maximum absolute atomic E-state index is 12.5. The first-order chi connectivity index (χ1) is 8.91. The van der Waals surface area contributed by atoms with Gasteiger partial charge in [-0.2, -0.15) is 0 Å². The van der Waals surface area contributed by atoms with Crippen LogP contribution in [0.5, 0.6) is 0 Å². The van der Waals surface area contributed by atoms with Gasteiger partial charge in [0.2, 0.25) is 0 Å². The molecule has 0 spiro atoms. The Balaban J connectivity index is 2.48. The van der Waals surface area contributed by atoms with Gasteiger partial charge >= 0.3 is 5.97 Å². The molecule has 0 radical (unpaired) electrons. The van der Waals surface area contributed by atoms with Gasteiger partial charge in [0, 0.05) is 12.4 Å². The maximum atomic E-state index is 12.5. The van der Waals surface area contributed by atoms with Crippen LogP contribution in [0.15, 0.2) is 52.5 Å². The first-order valence-corrected chi connectivity index (χ1v) is 7.01. The zero-order valence-corrected chi connectivity index (χ0v) is 11.0. The van der Waals surface area contributed by atoms with Gasteiger partial charge < -0.3 is 5.11 Å². The number of carboxylic acid groups (broad SMARTS) is 1. The third kappa shape index (κ3) is 2.63. The van der Waals surface area contributed by atoms with Crippen LogP contribution in [0.1, 0.15) is 15.9 Å². The fourth-order valence-corrected chi connectivity index (χ4v) is 2.96. The van der Waals surface area contributed by atoms with Crippen molar-refractivity contribution in [3.8, 4) is 0 Å². The number of nitrogens with zero attached hydrogens (tertiary/aromatic N) is 1. The molecule has 1 unspecified atom stereocenters. The topological polar surface area (TPSA) is 91.1 Å². The minimum atomic E-state index is -3.16. The summed E-state index contributed by atoms with van der Waals surface area (Å²) in [4.78, 5) is 15.3. The van der Waals surface area contributed by atoms with E-state index in [2.05, 4.69) is 4.98 Å². The quantitative estimate of drug-likeness (QED) is 0.901. The Hall–Kier alpha value is -2.21. The van der Waals surface area contributed by atoms with Gasteiger partial charge in [-0.15, -0.1) is 0 Å². The highest BCUT2D eigenvalue weighted by Crippen LogP contribution is 2.21. The SMILES string of the molecule is Cc1cncc(S(=N)(=O)c2ccc(C(=O)O)cc2)c1. The van der Waals surface area contributed by atoms with Crippen LogP contribution in [0.2, 0.25) is 0 Å². The molecular formula is C13H12N2O3S. The van der Waals surface area contributed by atoms with Crippen LogP contribution in [0, 0.1) is 11.7 Å². The van der Waals surface area contributed by atoms with Crippen molar-refractivity contribution in [3.63, 3.8) is 0 Å². The summed E-state index contributed by atoms with van der Waals surface area (Å²) in [7, 11) is -3.16. The van der Waals surface area contributed by atoms with E-state index in [-0.39, 0.29) is 10.5 Å². The molecule has 1 heterocycles. The van der Waals surface area contributed by atoms with E-state index in [9.17, 15) is 9.00 Å². The molecular weight excluding hydrogens is 264 g/mol. The lowest BCUT2D eigenvalue weighted by atomic mass is 10.2. The predicted molar refractivity (Wildman–Crippen MR) is 69.8 cm³/mol. The standard InChI is InChI=1S/C13H12N2O3S/c1-9-6-12(8-15-7-9)19(14,18)11-4-2-10(3-5-11)13(16)17/h2-8,14H,1H3,(H,16,17). The first-order valence-electron chi connectivity index (χ1n) is 5.45. The monoisotopic (exact) mass is 276 g/mol. The van der Waals surface area contributed by atoms with Gasteiger partial charge in [0.25, 0.3) is 0 Å². The summed E-state index contributed by atoms with van der Waals surface area (Å²) < 4.78 is 20.5. The molecule has 1 aromatic heterocycles. The Kier molecular flexibility index (Phi) is 3.35. The molecule has 0 bridgehead atoms. The molecule has 1 aromatic carbocycles. The van der Waals surface area contributed by atoms with Crippen LogP contribution < -0.4 is 0 Å². The number of carbonyl (C=O) groups is 1. The average molecular weight is 276 g/mol. The van der Waals surface area contributed by atoms with Crippen LogP contribution in [0.3, 0.4) is 0 Å². The normalized spacial score (nSPS) is 13.7. The summed E-state index contributed by atoms with van der Waals surface area (Å²) in [6.07, 6.45) is 3.01. The molecule has 2 rings (SSSR count). The third-order valence-electron chi connectivity index (χ3n) is 2.61. The van der Waals surface area contributed by atoms with Crippen molar-refractivity contribution in [1.82, 2.24) is 4.98 Å². The molecule has 0 saturated carbocycles. The lowest BCUT2D eigenvalue weighted by molar-refractivity contribution is 0.0697. The minimum Gasteiger partial charge on any atom is -0.478 e. The molecule has 2 N–H and O–H groups in total. The fraction of sp³-hybridized carbons (Fsp3) is 0.0769. The molecule has 0 saturated heterocycles. The predicted octanol–water partition coefficient (Wildman–Crippen LogP) is 2.55. The van der Waals surface area contributed by atoms with E-state index in [4.69, 9.17) is 9.89 Å². The summed E-state index contributed by atoms with van der Waals surface area (Å²) in [5.74, 6) is -1.06. The van der Waals surface area contributed by atoms with Crippen LogP contribution >= 0.6 is 0 Å². The second kappa shape index (κ2) is 4.81. The van der Waals surface area contributed by atoms with Gasteiger partial charge in [-0.1, -0.05) is 0 Å². The van der Waals surface area contributed by atoms with Crippen molar-refractivity contribution in [2.45, 2.75) is 16.7 Å². The molecule has 0 aliphatic carbocycles. The summed E-state index contributed by atoms with van der Waals surface area (Å²) in [5.41, 5.74) is 0.918. The lowest BCUT2D eigenvalue weighted by Crippen LogP contribution is -2.02. The number of hydrogen-bond acceptors (Lipinski definition) is 4. The second-order valence-corrected chi connectivity index (χ2v) is 6.14. The van der Waals surface area contributed by atoms with E-state index in [0.717, 1.165) is 5.56 Å². The Bertz CT molecular complexity index is 722. The molecule has 1 atom stereocenters. The number of aromatic carboxylic acids is 1. The maximum Gasteiger partial charge on any atom is 0.335 e. The average Bonchev–Trinajstić information content (AvgIpc) is 2.39. The Morgan fingerprint density at radius 1 is 1.21 bits per heavy atom. The Labute approximate surface area is 110 Å². The molecule has 0 fully saturated rings. The van der Waals surface area contributed by atoms with Gasteiger partial charge in [-0.25, -0.2) is 13.8 Å². The fourth-order valence-electron chi connectivity index (χ4n) is 1.61. The molecule has 0 aliphatic rings. The van der Waals surface area contributed by atoms with Crippen molar-refractivity contribution in [2.75, 3.05) is 0 Å². The summed E-state index contributed by atoms with van der Waals surface area (Å²) in [6.45, 7) is 1.81. The van der Waals surface area contributed by atoms with E-state index in [1.165, 1.54) is 30.5 Å². The van der Waals surface area contributed by atoms with Crippen molar-refractivity contribution >= 4 is 15.7 Å².